The molecule has 1 saturated carbocycles. The highest BCUT2D eigenvalue weighted by molar-refractivity contribution is 5.79. The number of likely N-dealkylation sites (tertiary alicyclic amines) is 1. The topological polar surface area (TPSA) is 111 Å². The Morgan fingerprint density at radius 2 is 1.93 bits per heavy atom. The molecule has 1 atom stereocenters. The lowest BCUT2D eigenvalue weighted by Gasteiger charge is -2.43. The van der Waals surface area contributed by atoms with Crippen molar-refractivity contribution in [3.8, 4) is 0 Å². The second kappa shape index (κ2) is 11.0. The molecule has 3 aromatic rings. The van der Waals surface area contributed by atoms with E-state index in [1.165, 1.54) is 12.1 Å². The number of carbonyl (C=O) groups is 1. The Kier molecular flexibility index (Phi) is 7.37. The van der Waals surface area contributed by atoms with Gasteiger partial charge in [0.2, 0.25) is 0 Å². The highest BCUT2D eigenvalue weighted by Gasteiger charge is 2.47. The molecule has 2 aliphatic heterocycles. The molecule has 3 aliphatic rings. The lowest BCUT2D eigenvalue weighted by Crippen LogP contribution is -2.47. The predicted octanol–water partition coefficient (Wildman–Crippen LogP) is 5.53. The van der Waals surface area contributed by atoms with Crippen LogP contribution in [-0.4, -0.2) is 56.1 Å². The zero-order chi connectivity index (χ0) is 27.9. The van der Waals surface area contributed by atoms with E-state index in [0.717, 1.165) is 86.9 Å². The van der Waals surface area contributed by atoms with E-state index in [2.05, 4.69) is 10.1 Å². The van der Waals surface area contributed by atoms with Crippen molar-refractivity contribution in [2.24, 2.45) is 0 Å². The third-order valence-electron chi connectivity index (χ3n) is 9.42. The van der Waals surface area contributed by atoms with Gasteiger partial charge in [-0.3, -0.25) is 9.36 Å². The second-order valence-electron chi connectivity index (χ2n) is 11.8. The van der Waals surface area contributed by atoms with Gasteiger partial charge in [0.25, 0.3) is 5.56 Å². The van der Waals surface area contributed by atoms with Crippen LogP contribution >= 0.6 is 0 Å². The number of carboxylic acid groups (broad SMARTS) is 1. The molecule has 2 aromatic heterocycles. The van der Waals surface area contributed by atoms with Crippen molar-refractivity contribution in [2.75, 3.05) is 19.6 Å². The van der Waals surface area contributed by atoms with Crippen molar-refractivity contribution in [1.82, 2.24) is 19.6 Å². The number of fused-ring (bicyclic) bond motifs is 2. The van der Waals surface area contributed by atoms with E-state index >= 15 is 0 Å². The summed E-state index contributed by atoms with van der Waals surface area (Å²) >= 11 is 0. The fraction of sp³-hybridized carbons (Fsp3) is 0.600. The van der Waals surface area contributed by atoms with E-state index in [1.54, 1.807) is 10.6 Å². The first-order valence-corrected chi connectivity index (χ1v) is 14.6. The maximum Gasteiger partial charge on any atom is 0.506 e. The molecule has 0 amide bonds. The third kappa shape index (κ3) is 5.02. The summed E-state index contributed by atoms with van der Waals surface area (Å²) in [7, 11) is 0. The third-order valence-corrected chi connectivity index (χ3v) is 9.42. The lowest BCUT2D eigenvalue weighted by atomic mass is 9.72. The molecular weight excluding hydrogens is 515 g/mol. The number of nitrogens with zero attached hydrogens (tertiary/aromatic N) is 4. The van der Waals surface area contributed by atoms with Crippen molar-refractivity contribution in [1.29, 1.82) is 0 Å². The molecule has 1 saturated heterocycles. The summed E-state index contributed by atoms with van der Waals surface area (Å²) in [5, 5.41) is 14.7. The maximum atomic E-state index is 13.7. The van der Waals surface area contributed by atoms with Crippen molar-refractivity contribution in [3.05, 3.63) is 57.1 Å². The number of hydrogen-bond donors (Lipinski definition) is 1. The Bertz CT molecular complexity index is 1450. The van der Waals surface area contributed by atoms with Crippen molar-refractivity contribution in [2.45, 2.75) is 95.1 Å². The minimum absolute atomic E-state index is 0.00432. The largest absolute Gasteiger partial charge is 0.506 e. The molecule has 10 heteroatoms. The molecule has 9 nitrogen and oxygen atoms in total. The number of aryl methyl sites for hydroxylation is 1. The number of aromatic nitrogens is 3. The van der Waals surface area contributed by atoms with E-state index in [9.17, 15) is 19.1 Å². The van der Waals surface area contributed by atoms with Crippen molar-refractivity contribution in [3.63, 3.8) is 0 Å². The monoisotopic (exact) mass is 552 g/mol. The van der Waals surface area contributed by atoms with Crippen molar-refractivity contribution < 1.29 is 23.6 Å². The molecule has 1 aromatic carbocycles. The Balaban J connectivity index is 1.15. The smallest absolute Gasteiger partial charge is 0.450 e. The molecule has 0 spiro atoms. The fourth-order valence-corrected chi connectivity index (χ4v) is 7.34. The van der Waals surface area contributed by atoms with Gasteiger partial charge >= 0.3 is 6.16 Å². The van der Waals surface area contributed by atoms with Crippen LogP contribution in [0.3, 0.4) is 0 Å². The van der Waals surface area contributed by atoms with E-state index in [1.807, 2.05) is 6.92 Å². The molecular formula is C30H37FN4O5. The Morgan fingerprint density at radius 1 is 1.15 bits per heavy atom. The van der Waals surface area contributed by atoms with Gasteiger partial charge in [-0.05, 0) is 89.9 Å². The summed E-state index contributed by atoms with van der Waals surface area (Å²) in [5.74, 6) is 0.436. The number of hydrogen-bond acceptors (Lipinski definition) is 7. The average molecular weight is 553 g/mol. The Labute approximate surface area is 232 Å². The van der Waals surface area contributed by atoms with Crippen LogP contribution in [0.4, 0.5) is 9.18 Å². The standard InChI is InChI=1S/C30H37FN4O5/c1-19-22(11-17-34-15-9-20(10-16-34)26-23-8-7-21(31)18-25(23)40-33-26)28(36)35-14-5-6-24(27(35)32-19)30(39-29(37)38)12-3-2-4-13-30/h7-8,18,20,24H,2-6,9-17H2,1H3,(H,37,38). The second-order valence-corrected chi connectivity index (χ2v) is 11.8. The summed E-state index contributed by atoms with van der Waals surface area (Å²) in [6.07, 6.45) is 7.09. The average Bonchev–Trinajstić information content (AvgIpc) is 3.36. The normalized spacial score (nSPS) is 21.8. The first kappa shape index (κ1) is 26.9. The SMILES string of the molecule is Cc1nc2n(c(=O)c1CCN1CCC(c3noc4cc(F)ccc34)CC1)CCCC2C1(OC(=O)O)CCCCC1. The van der Waals surface area contributed by atoms with Crippen molar-refractivity contribution >= 4 is 17.1 Å². The predicted molar refractivity (Wildman–Crippen MR) is 146 cm³/mol. The van der Waals surface area contributed by atoms with Crippen LogP contribution in [0.2, 0.25) is 0 Å². The van der Waals surface area contributed by atoms with Gasteiger partial charge in [-0.2, -0.15) is 0 Å². The number of rotatable bonds is 6. The van der Waals surface area contributed by atoms with Crippen LogP contribution < -0.4 is 5.56 Å². The van der Waals surface area contributed by atoms with Gasteiger partial charge in [0.05, 0.1) is 11.6 Å². The molecule has 4 heterocycles. The molecule has 1 unspecified atom stereocenters. The van der Waals surface area contributed by atoms with Gasteiger partial charge in [-0.1, -0.05) is 11.6 Å². The fourth-order valence-electron chi connectivity index (χ4n) is 7.34. The van der Waals surface area contributed by atoms with E-state index in [0.29, 0.717) is 37.2 Å². The minimum Gasteiger partial charge on any atom is -0.450 e. The van der Waals surface area contributed by atoms with Crippen LogP contribution in [0.5, 0.6) is 0 Å². The van der Waals surface area contributed by atoms with Gasteiger partial charge in [-0.25, -0.2) is 14.2 Å². The molecule has 40 heavy (non-hydrogen) atoms. The molecule has 214 valence electrons. The van der Waals surface area contributed by atoms with Gasteiger partial charge in [0.15, 0.2) is 5.58 Å². The van der Waals surface area contributed by atoms with Gasteiger partial charge in [0.1, 0.15) is 17.2 Å². The van der Waals surface area contributed by atoms with Crippen LogP contribution in [0.25, 0.3) is 11.0 Å². The summed E-state index contributed by atoms with van der Waals surface area (Å²) in [5.41, 5.74) is 2.07. The minimum atomic E-state index is -1.25. The van der Waals surface area contributed by atoms with E-state index in [-0.39, 0.29) is 23.2 Å². The van der Waals surface area contributed by atoms with Crippen LogP contribution in [0.15, 0.2) is 27.5 Å². The summed E-state index contributed by atoms with van der Waals surface area (Å²) < 4.78 is 26.3. The molecule has 2 fully saturated rings. The van der Waals surface area contributed by atoms with Gasteiger partial charge < -0.3 is 19.3 Å². The number of piperidine rings is 1. The first-order chi connectivity index (χ1) is 19.3. The molecule has 0 bridgehead atoms. The summed E-state index contributed by atoms with van der Waals surface area (Å²) in [6.45, 7) is 5.05. The van der Waals surface area contributed by atoms with Gasteiger partial charge in [-0.15, -0.1) is 0 Å². The zero-order valence-corrected chi connectivity index (χ0v) is 23.0. The Morgan fingerprint density at radius 3 is 2.67 bits per heavy atom. The maximum absolute atomic E-state index is 13.7. The molecule has 1 aliphatic carbocycles. The quantitative estimate of drug-likeness (QED) is 0.398. The van der Waals surface area contributed by atoms with Crippen LogP contribution in [0, 0.1) is 12.7 Å². The van der Waals surface area contributed by atoms with E-state index in [4.69, 9.17) is 14.2 Å². The summed E-state index contributed by atoms with van der Waals surface area (Å²) in [6, 6.07) is 4.57. The molecule has 0 radical (unpaired) electrons. The summed E-state index contributed by atoms with van der Waals surface area (Å²) in [4.78, 5) is 32.7. The molecule has 6 rings (SSSR count). The highest BCUT2D eigenvalue weighted by Crippen LogP contribution is 2.46. The zero-order valence-electron chi connectivity index (χ0n) is 23.0. The Hall–Kier alpha value is -3.27. The number of ether oxygens (including phenoxy) is 1. The van der Waals surface area contributed by atoms with Crippen LogP contribution in [0.1, 0.15) is 92.4 Å². The van der Waals surface area contributed by atoms with E-state index < -0.39 is 11.8 Å². The molecule has 1 N–H and O–H groups in total. The highest BCUT2D eigenvalue weighted by atomic mass is 19.1. The number of halogens is 1. The van der Waals surface area contributed by atoms with Gasteiger partial charge in [0, 0.05) is 41.7 Å². The first-order valence-electron chi connectivity index (χ1n) is 14.6. The van der Waals surface area contributed by atoms with Crippen LogP contribution in [-0.2, 0) is 17.7 Å². The lowest BCUT2D eigenvalue weighted by molar-refractivity contribution is -0.0661. The number of benzene rings is 1.